The van der Waals surface area contributed by atoms with Crippen LogP contribution in [0, 0.1) is 0 Å². The highest BCUT2D eigenvalue weighted by Gasteiger charge is 2.17. The molecule has 1 N–H and O–H groups in total. The zero-order valence-corrected chi connectivity index (χ0v) is 6.90. The van der Waals surface area contributed by atoms with Crippen LogP contribution in [0.1, 0.15) is 25.0 Å². The number of carbonyl (C=O) groups is 1. The quantitative estimate of drug-likeness (QED) is 0.741. The maximum atomic E-state index is 10.7. The van der Waals surface area contributed by atoms with Crippen LogP contribution in [-0.2, 0) is 4.79 Å². The molecule has 1 aromatic heterocycles. The van der Waals surface area contributed by atoms with Crippen molar-refractivity contribution in [3.63, 3.8) is 0 Å². The van der Waals surface area contributed by atoms with Crippen molar-refractivity contribution in [2.24, 2.45) is 0 Å². The Morgan fingerprint density at radius 1 is 1.67 bits per heavy atom. The van der Waals surface area contributed by atoms with E-state index < -0.39 is 11.9 Å². The number of aromatic nitrogens is 1. The van der Waals surface area contributed by atoms with Gasteiger partial charge in [-0.2, -0.15) is 0 Å². The van der Waals surface area contributed by atoms with Gasteiger partial charge in [0.15, 0.2) is 0 Å². The Morgan fingerprint density at radius 2 is 2.42 bits per heavy atom. The standard InChI is InChI=1S/C9H11NO2/c1-2-7(9(11)12)8-5-3-4-6-10-8/h3-7H,2H2,1H3,(H,11,12)/t7-/m1/s1. The molecular weight excluding hydrogens is 154 g/mol. The van der Waals surface area contributed by atoms with Crippen molar-refractivity contribution in [2.45, 2.75) is 19.3 Å². The Kier molecular flexibility index (Phi) is 2.80. The monoisotopic (exact) mass is 165 g/mol. The Balaban J connectivity index is 2.88. The van der Waals surface area contributed by atoms with Crippen LogP contribution < -0.4 is 0 Å². The van der Waals surface area contributed by atoms with E-state index in [9.17, 15) is 4.79 Å². The molecule has 0 amide bonds. The van der Waals surface area contributed by atoms with Gasteiger partial charge in [-0.15, -0.1) is 0 Å². The van der Waals surface area contributed by atoms with E-state index in [2.05, 4.69) is 4.98 Å². The van der Waals surface area contributed by atoms with Gasteiger partial charge in [0.05, 0.1) is 11.6 Å². The number of hydrogen-bond acceptors (Lipinski definition) is 2. The summed E-state index contributed by atoms with van der Waals surface area (Å²) >= 11 is 0. The topological polar surface area (TPSA) is 50.2 Å². The average Bonchev–Trinajstić information content (AvgIpc) is 2.07. The van der Waals surface area contributed by atoms with E-state index in [4.69, 9.17) is 5.11 Å². The van der Waals surface area contributed by atoms with Gasteiger partial charge in [-0.3, -0.25) is 9.78 Å². The fourth-order valence-corrected chi connectivity index (χ4v) is 1.09. The van der Waals surface area contributed by atoms with Crippen LogP contribution in [0.2, 0.25) is 0 Å². The molecule has 0 aliphatic rings. The van der Waals surface area contributed by atoms with Crippen LogP contribution >= 0.6 is 0 Å². The molecule has 0 aliphatic heterocycles. The molecule has 1 heterocycles. The van der Waals surface area contributed by atoms with Crippen LogP contribution in [0.4, 0.5) is 0 Å². The lowest BCUT2D eigenvalue weighted by molar-refractivity contribution is -0.138. The van der Waals surface area contributed by atoms with Crippen molar-refractivity contribution >= 4 is 5.97 Å². The fourth-order valence-electron chi connectivity index (χ4n) is 1.09. The van der Waals surface area contributed by atoms with Crippen molar-refractivity contribution in [1.82, 2.24) is 4.98 Å². The highest BCUT2D eigenvalue weighted by atomic mass is 16.4. The maximum absolute atomic E-state index is 10.7. The van der Waals surface area contributed by atoms with Gasteiger partial charge in [0.2, 0.25) is 0 Å². The minimum absolute atomic E-state index is 0.466. The molecular formula is C9H11NO2. The van der Waals surface area contributed by atoms with Gasteiger partial charge >= 0.3 is 5.97 Å². The van der Waals surface area contributed by atoms with Crippen molar-refractivity contribution < 1.29 is 9.90 Å². The largest absolute Gasteiger partial charge is 0.481 e. The van der Waals surface area contributed by atoms with E-state index >= 15 is 0 Å². The van der Waals surface area contributed by atoms with Crippen molar-refractivity contribution in [1.29, 1.82) is 0 Å². The molecule has 3 heteroatoms. The Morgan fingerprint density at radius 3 is 2.83 bits per heavy atom. The molecule has 0 saturated heterocycles. The third-order valence-corrected chi connectivity index (χ3v) is 1.75. The Bertz CT molecular complexity index is 258. The molecule has 0 radical (unpaired) electrons. The summed E-state index contributed by atoms with van der Waals surface area (Å²) < 4.78 is 0. The van der Waals surface area contributed by atoms with E-state index in [-0.39, 0.29) is 0 Å². The molecule has 12 heavy (non-hydrogen) atoms. The third-order valence-electron chi connectivity index (χ3n) is 1.75. The van der Waals surface area contributed by atoms with E-state index in [1.165, 1.54) is 0 Å². The van der Waals surface area contributed by atoms with Gasteiger partial charge in [0.25, 0.3) is 0 Å². The number of carboxylic acid groups (broad SMARTS) is 1. The predicted octanol–water partition coefficient (Wildman–Crippen LogP) is 1.66. The number of carboxylic acids is 1. The number of hydrogen-bond donors (Lipinski definition) is 1. The molecule has 1 aromatic rings. The second-order valence-corrected chi connectivity index (χ2v) is 2.55. The molecule has 0 unspecified atom stereocenters. The molecule has 3 nitrogen and oxygen atoms in total. The van der Waals surface area contributed by atoms with Crippen LogP contribution in [-0.4, -0.2) is 16.1 Å². The number of pyridine rings is 1. The number of nitrogens with zero attached hydrogens (tertiary/aromatic N) is 1. The van der Waals surface area contributed by atoms with Crippen LogP contribution in [0.5, 0.6) is 0 Å². The van der Waals surface area contributed by atoms with Crippen LogP contribution in [0.15, 0.2) is 24.4 Å². The summed E-state index contributed by atoms with van der Waals surface area (Å²) in [7, 11) is 0. The molecule has 0 saturated carbocycles. The predicted molar refractivity (Wildman–Crippen MR) is 44.9 cm³/mol. The highest BCUT2D eigenvalue weighted by molar-refractivity contribution is 5.75. The molecule has 0 aliphatic carbocycles. The van der Waals surface area contributed by atoms with Gasteiger partial charge in [-0.1, -0.05) is 13.0 Å². The first-order chi connectivity index (χ1) is 5.75. The summed E-state index contributed by atoms with van der Waals surface area (Å²) in [5, 5.41) is 8.79. The van der Waals surface area contributed by atoms with Crippen LogP contribution in [0.25, 0.3) is 0 Å². The summed E-state index contributed by atoms with van der Waals surface area (Å²) in [4.78, 5) is 14.7. The Labute approximate surface area is 71.1 Å². The van der Waals surface area contributed by atoms with E-state index in [1.807, 2.05) is 6.92 Å². The second-order valence-electron chi connectivity index (χ2n) is 2.55. The van der Waals surface area contributed by atoms with Gasteiger partial charge in [0, 0.05) is 6.20 Å². The SMILES string of the molecule is CC[C@@H](C(=O)O)c1ccccn1. The first-order valence-corrected chi connectivity index (χ1v) is 3.89. The molecule has 1 atom stereocenters. The zero-order valence-electron chi connectivity index (χ0n) is 6.90. The summed E-state index contributed by atoms with van der Waals surface area (Å²) in [6, 6.07) is 5.31. The molecule has 64 valence electrons. The zero-order chi connectivity index (χ0) is 8.97. The van der Waals surface area contributed by atoms with Gasteiger partial charge < -0.3 is 5.11 Å². The average molecular weight is 165 g/mol. The maximum Gasteiger partial charge on any atom is 0.312 e. The fraction of sp³-hybridized carbons (Fsp3) is 0.333. The molecule has 1 rings (SSSR count). The second kappa shape index (κ2) is 3.85. The van der Waals surface area contributed by atoms with E-state index in [1.54, 1.807) is 24.4 Å². The van der Waals surface area contributed by atoms with Gasteiger partial charge in [0.1, 0.15) is 0 Å². The molecule has 0 aromatic carbocycles. The molecule has 0 spiro atoms. The van der Waals surface area contributed by atoms with E-state index in [0.29, 0.717) is 12.1 Å². The first-order valence-electron chi connectivity index (χ1n) is 3.89. The normalized spacial score (nSPS) is 12.4. The summed E-state index contributed by atoms with van der Waals surface area (Å²) in [6.45, 7) is 1.84. The summed E-state index contributed by atoms with van der Waals surface area (Å²) in [6.07, 6.45) is 2.19. The van der Waals surface area contributed by atoms with Crippen molar-refractivity contribution in [3.8, 4) is 0 Å². The summed E-state index contributed by atoms with van der Waals surface area (Å²) in [5.74, 6) is -1.28. The van der Waals surface area contributed by atoms with Crippen molar-refractivity contribution in [2.75, 3.05) is 0 Å². The minimum atomic E-state index is -0.809. The smallest absolute Gasteiger partial charge is 0.312 e. The first kappa shape index (κ1) is 8.71. The van der Waals surface area contributed by atoms with Crippen molar-refractivity contribution in [3.05, 3.63) is 30.1 Å². The van der Waals surface area contributed by atoms with E-state index in [0.717, 1.165) is 0 Å². The van der Waals surface area contributed by atoms with Gasteiger partial charge in [-0.25, -0.2) is 0 Å². The third kappa shape index (κ3) is 1.81. The number of aliphatic carboxylic acids is 1. The molecule has 0 fully saturated rings. The molecule has 0 bridgehead atoms. The number of rotatable bonds is 3. The summed E-state index contributed by atoms with van der Waals surface area (Å²) in [5.41, 5.74) is 0.632. The van der Waals surface area contributed by atoms with Crippen LogP contribution in [0.3, 0.4) is 0 Å². The highest BCUT2D eigenvalue weighted by Crippen LogP contribution is 2.16. The van der Waals surface area contributed by atoms with Gasteiger partial charge in [-0.05, 0) is 18.6 Å². The Hall–Kier alpha value is -1.38. The lowest BCUT2D eigenvalue weighted by atomic mass is 10.0. The lowest BCUT2D eigenvalue weighted by Crippen LogP contribution is -2.11. The lowest BCUT2D eigenvalue weighted by Gasteiger charge is -2.07. The minimum Gasteiger partial charge on any atom is -0.481 e.